The fourth-order valence-electron chi connectivity index (χ4n) is 6.28. The largest absolute Gasteiger partial charge is 0.501 e. The van der Waals surface area contributed by atoms with Crippen LogP contribution in [-0.4, -0.2) is 18.0 Å². The summed E-state index contributed by atoms with van der Waals surface area (Å²) in [6, 6.07) is 36.0. The Morgan fingerprint density at radius 3 is 2.14 bits per heavy atom. The number of benzene rings is 4. The molecule has 50 heavy (non-hydrogen) atoms. The third-order valence-electron chi connectivity index (χ3n) is 8.69. The molecular weight excluding hydrogens is 812 g/mol. The summed E-state index contributed by atoms with van der Waals surface area (Å²) in [4.78, 5) is 9.19. The SMILES string of the molecule is Cc1cc(-c2[c-]ccc(F)c2)ncc1[Si](C)(C)C.Cc1cnc(-c2[c-]ccc3c2oc2cc(-c4ccccc4)ccc23)cc1CC(C)(C)C.[Ir]. The molecule has 0 saturated carbocycles. The van der Waals surface area contributed by atoms with Crippen LogP contribution in [0.3, 0.4) is 0 Å². The van der Waals surface area contributed by atoms with Gasteiger partial charge in [0, 0.05) is 43.7 Å². The molecule has 3 nitrogen and oxygen atoms in total. The summed E-state index contributed by atoms with van der Waals surface area (Å²) in [7, 11) is -1.36. The zero-order valence-corrected chi connectivity index (χ0v) is 33.4. The van der Waals surface area contributed by atoms with Gasteiger partial charge in [-0.25, -0.2) is 4.39 Å². The van der Waals surface area contributed by atoms with Gasteiger partial charge in [0.05, 0.1) is 13.7 Å². The molecule has 0 spiro atoms. The first-order valence-electron chi connectivity index (χ1n) is 16.8. The number of hydrogen-bond acceptors (Lipinski definition) is 3. The summed E-state index contributed by atoms with van der Waals surface area (Å²) >= 11 is 0. The average molecular weight is 855 g/mol. The summed E-state index contributed by atoms with van der Waals surface area (Å²) < 4.78 is 19.6. The van der Waals surface area contributed by atoms with Gasteiger partial charge < -0.3 is 14.4 Å². The quantitative estimate of drug-likeness (QED) is 0.128. The zero-order valence-electron chi connectivity index (χ0n) is 30.0. The van der Waals surface area contributed by atoms with Gasteiger partial charge in [0.25, 0.3) is 0 Å². The van der Waals surface area contributed by atoms with Crippen LogP contribution < -0.4 is 5.19 Å². The molecule has 0 aliphatic heterocycles. The molecule has 0 bridgehead atoms. The topological polar surface area (TPSA) is 38.9 Å². The maximum absolute atomic E-state index is 13.2. The van der Waals surface area contributed by atoms with Gasteiger partial charge in [-0.2, -0.15) is 0 Å². The van der Waals surface area contributed by atoms with E-state index in [9.17, 15) is 4.39 Å². The summed E-state index contributed by atoms with van der Waals surface area (Å²) in [5, 5.41) is 3.57. The van der Waals surface area contributed by atoms with E-state index < -0.39 is 8.07 Å². The van der Waals surface area contributed by atoms with Gasteiger partial charge in [0.15, 0.2) is 0 Å². The van der Waals surface area contributed by atoms with E-state index in [2.05, 4.69) is 126 Å². The number of aryl methyl sites for hydroxylation is 2. The predicted molar refractivity (Wildman–Crippen MR) is 205 cm³/mol. The predicted octanol–water partition coefficient (Wildman–Crippen LogP) is 11.6. The minimum Gasteiger partial charge on any atom is -0.501 e. The molecule has 0 unspecified atom stereocenters. The van der Waals surface area contributed by atoms with Crippen molar-refractivity contribution in [3.8, 4) is 33.6 Å². The van der Waals surface area contributed by atoms with E-state index in [0.717, 1.165) is 50.9 Å². The van der Waals surface area contributed by atoms with E-state index in [-0.39, 0.29) is 31.3 Å². The second-order valence-electron chi connectivity index (χ2n) is 15.1. The van der Waals surface area contributed by atoms with E-state index in [4.69, 9.17) is 9.40 Å². The Balaban J connectivity index is 0.000000219. The van der Waals surface area contributed by atoms with E-state index in [1.165, 1.54) is 39.6 Å². The Hall–Kier alpha value is -4.22. The normalized spacial score (nSPS) is 11.6. The van der Waals surface area contributed by atoms with Crippen molar-refractivity contribution >= 4 is 35.2 Å². The Labute approximate surface area is 310 Å². The molecule has 0 fully saturated rings. The number of fused-ring (bicyclic) bond motifs is 3. The van der Waals surface area contributed by atoms with Crippen LogP contribution in [0.2, 0.25) is 19.6 Å². The van der Waals surface area contributed by atoms with Gasteiger partial charge in [0.1, 0.15) is 5.58 Å². The monoisotopic (exact) mass is 855 g/mol. The molecular formula is C44H43FIrN2OSi-2. The van der Waals surface area contributed by atoms with Gasteiger partial charge in [-0.3, -0.25) is 0 Å². The van der Waals surface area contributed by atoms with Crippen molar-refractivity contribution in [1.29, 1.82) is 0 Å². The Bertz CT molecular complexity index is 2270. The standard InChI is InChI=1S/C29H26NO.C15H17FNSi.Ir/c1-19-18-30-26(15-22(19)17-29(2,3)4)25-12-8-11-24-23-14-13-21(16-27(23)31-28(24)25)20-9-6-5-7-10-20;1-11-8-14(12-6-5-7-13(16)9-12)17-10-15(11)18(2,3)4;/h5-11,13-16,18H,17H2,1-4H3;5,7-10H,1-4H3;/q2*-1;. The third kappa shape index (κ3) is 8.38. The Kier molecular flexibility index (Phi) is 11.1. The number of pyridine rings is 2. The maximum atomic E-state index is 13.2. The van der Waals surface area contributed by atoms with Gasteiger partial charge in [-0.1, -0.05) is 117 Å². The molecule has 3 aromatic heterocycles. The van der Waals surface area contributed by atoms with E-state index in [1.54, 1.807) is 6.07 Å². The van der Waals surface area contributed by atoms with Crippen molar-refractivity contribution in [2.75, 3.05) is 0 Å². The van der Waals surface area contributed by atoms with Crippen LogP contribution in [-0.2, 0) is 26.5 Å². The number of aromatic nitrogens is 2. The van der Waals surface area contributed by atoms with Gasteiger partial charge in [-0.05, 0) is 65.0 Å². The van der Waals surface area contributed by atoms with Crippen molar-refractivity contribution in [1.82, 2.24) is 9.97 Å². The van der Waals surface area contributed by atoms with Crippen molar-refractivity contribution in [2.24, 2.45) is 5.41 Å². The number of hydrogen-bond donors (Lipinski definition) is 0. The summed E-state index contributed by atoms with van der Waals surface area (Å²) in [5.74, 6) is -0.252. The van der Waals surface area contributed by atoms with E-state index >= 15 is 0 Å². The fraction of sp³-hybridized carbons (Fsp3) is 0.227. The molecule has 257 valence electrons. The maximum Gasteiger partial charge on any atom is 0.121 e. The van der Waals surface area contributed by atoms with Crippen LogP contribution in [0.25, 0.3) is 55.6 Å². The van der Waals surface area contributed by atoms with Gasteiger partial charge >= 0.3 is 0 Å². The van der Waals surface area contributed by atoms with Crippen molar-refractivity contribution in [2.45, 2.75) is 60.7 Å². The summed E-state index contributed by atoms with van der Waals surface area (Å²) in [6.45, 7) is 17.9. The van der Waals surface area contributed by atoms with Crippen molar-refractivity contribution in [3.63, 3.8) is 0 Å². The summed E-state index contributed by atoms with van der Waals surface area (Å²) in [5.41, 5.74) is 11.4. The molecule has 0 aliphatic rings. The van der Waals surface area contributed by atoms with Crippen LogP contribution in [0.1, 0.15) is 37.5 Å². The molecule has 0 saturated heterocycles. The number of furan rings is 1. The molecule has 0 amide bonds. The smallest absolute Gasteiger partial charge is 0.121 e. The summed E-state index contributed by atoms with van der Waals surface area (Å²) in [6.07, 6.45) is 4.92. The third-order valence-corrected chi connectivity index (χ3v) is 10.8. The van der Waals surface area contributed by atoms with Crippen LogP contribution in [0.5, 0.6) is 0 Å². The van der Waals surface area contributed by atoms with Crippen molar-refractivity contribution in [3.05, 3.63) is 138 Å². The molecule has 0 aliphatic carbocycles. The molecule has 3 heterocycles. The first kappa shape index (κ1) is 37.0. The first-order valence-corrected chi connectivity index (χ1v) is 20.3. The second-order valence-corrected chi connectivity index (χ2v) is 20.1. The average Bonchev–Trinajstić information content (AvgIpc) is 3.43. The van der Waals surface area contributed by atoms with Crippen LogP contribution >= 0.6 is 0 Å². The molecule has 7 rings (SSSR count). The Morgan fingerprint density at radius 1 is 0.740 bits per heavy atom. The Morgan fingerprint density at radius 2 is 1.46 bits per heavy atom. The van der Waals surface area contributed by atoms with Crippen LogP contribution in [0.4, 0.5) is 4.39 Å². The fourth-order valence-corrected chi connectivity index (χ4v) is 7.99. The second kappa shape index (κ2) is 14.9. The number of rotatable bonds is 5. The molecule has 7 aromatic rings. The number of halogens is 1. The van der Waals surface area contributed by atoms with Gasteiger partial charge in [0.2, 0.25) is 0 Å². The van der Waals surface area contributed by atoms with Crippen LogP contribution in [0.15, 0.2) is 108 Å². The first-order chi connectivity index (χ1) is 23.3. The van der Waals surface area contributed by atoms with Crippen molar-refractivity contribution < 1.29 is 28.9 Å². The van der Waals surface area contributed by atoms with E-state index in [1.807, 2.05) is 30.6 Å². The number of nitrogens with zero attached hydrogens (tertiary/aromatic N) is 2. The molecule has 6 heteroatoms. The molecule has 1 radical (unpaired) electrons. The minimum absolute atomic E-state index is 0. The van der Waals surface area contributed by atoms with Gasteiger partial charge in [-0.15, -0.1) is 48.0 Å². The van der Waals surface area contributed by atoms with Crippen LogP contribution in [0, 0.1) is 37.2 Å². The zero-order chi connectivity index (χ0) is 34.9. The molecule has 4 aromatic carbocycles. The van der Waals surface area contributed by atoms with E-state index in [0.29, 0.717) is 5.56 Å². The minimum atomic E-state index is -1.36. The molecule has 0 N–H and O–H groups in total. The molecule has 0 atom stereocenters.